The fourth-order valence-electron chi connectivity index (χ4n) is 2.83. The molecule has 0 spiro atoms. The van der Waals surface area contributed by atoms with Crippen molar-refractivity contribution in [3.05, 3.63) is 12.2 Å². The molecule has 5 nitrogen and oxygen atoms in total. The van der Waals surface area contributed by atoms with Crippen molar-refractivity contribution in [1.29, 1.82) is 0 Å². The van der Waals surface area contributed by atoms with E-state index in [0.29, 0.717) is 6.61 Å². The zero-order chi connectivity index (χ0) is 17.6. The monoisotopic (exact) mass is 344 g/mol. The van der Waals surface area contributed by atoms with Crippen LogP contribution in [0.3, 0.4) is 0 Å². The third kappa shape index (κ3) is 9.14. The SMILES string of the molecule is CCCCCC/C=C/CCCCCOC[C@@H](O)[C@H]1OC[C@H](O)[C@H]1O. The van der Waals surface area contributed by atoms with Crippen LogP contribution in [0.15, 0.2) is 12.2 Å². The average molecular weight is 344 g/mol. The number of unbranched alkanes of at least 4 members (excludes halogenated alkanes) is 7. The molecule has 0 unspecified atom stereocenters. The van der Waals surface area contributed by atoms with Gasteiger partial charge in [-0.25, -0.2) is 0 Å². The van der Waals surface area contributed by atoms with Crippen molar-refractivity contribution >= 4 is 0 Å². The molecule has 142 valence electrons. The van der Waals surface area contributed by atoms with Gasteiger partial charge in [0.1, 0.15) is 24.4 Å². The highest BCUT2D eigenvalue weighted by molar-refractivity contribution is 4.87. The van der Waals surface area contributed by atoms with Crippen molar-refractivity contribution in [3.8, 4) is 0 Å². The molecule has 0 bridgehead atoms. The lowest BCUT2D eigenvalue weighted by Crippen LogP contribution is -2.40. The van der Waals surface area contributed by atoms with Crippen molar-refractivity contribution in [2.75, 3.05) is 19.8 Å². The quantitative estimate of drug-likeness (QED) is 0.333. The molecule has 1 rings (SSSR count). The van der Waals surface area contributed by atoms with Gasteiger partial charge in [0.05, 0.1) is 13.2 Å². The minimum Gasteiger partial charge on any atom is -0.388 e. The zero-order valence-electron chi connectivity index (χ0n) is 15.1. The Bertz CT molecular complexity index is 321. The second kappa shape index (κ2) is 13.8. The minimum absolute atomic E-state index is 0.0645. The van der Waals surface area contributed by atoms with Gasteiger partial charge in [0.15, 0.2) is 0 Å². The number of ether oxygens (including phenoxy) is 2. The summed E-state index contributed by atoms with van der Waals surface area (Å²) in [6.07, 6.45) is 11.8. The van der Waals surface area contributed by atoms with Gasteiger partial charge < -0.3 is 24.8 Å². The van der Waals surface area contributed by atoms with E-state index in [1.807, 2.05) is 0 Å². The van der Waals surface area contributed by atoms with Gasteiger partial charge in [0.25, 0.3) is 0 Å². The molecule has 0 radical (unpaired) electrons. The zero-order valence-corrected chi connectivity index (χ0v) is 15.1. The van der Waals surface area contributed by atoms with Crippen molar-refractivity contribution in [3.63, 3.8) is 0 Å². The fraction of sp³-hybridized carbons (Fsp3) is 0.895. The van der Waals surface area contributed by atoms with Crippen LogP contribution < -0.4 is 0 Å². The van der Waals surface area contributed by atoms with E-state index in [4.69, 9.17) is 9.47 Å². The molecule has 0 aromatic carbocycles. The number of aliphatic hydroxyl groups is 3. The first-order valence-corrected chi connectivity index (χ1v) is 9.55. The lowest BCUT2D eigenvalue weighted by molar-refractivity contribution is -0.0813. The third-order valence-corrected chi connectivity index (χ3v) is 4.41. The van der Waals surface area contributed by atoms with E-state index in [1.165, 1.54) is 32.1 Å². The van der Waals surface area contributed by atoms with Crippen LogP contribution in [0.25, 0.3) is 0 Å². The molecule has 1 fully saturated rings. The largest absolute Gasteiger partial charge is 0.388 e. The Balaban J connectivity index is 1.87. The lowest BCUT2D eigenvalue weighted by Gasteiger charge is -2.20. The number of rotatable bonds is 14. The molecule has 1 saturated heterocycles. The normalized spacial score (nSPS) is 25.6. The van der Waals surface area contributed by atoms with Crippen LogP contribution in [0, 0.1) is 0 Å². The van der Waals surface area contributed by atoms with Crippen LogP contribution in [-0.2, 0) is 9.47 Å². The number of allylic oxidation sites excluding steroid dienone is 2. The van der Waals surface area contributed by atoms with Crippen molar-refractivity contribution in [1.82, 2.24) is 0 Å². The van der Waals surface area contributed by atoms with E-state index in [0.717, 1.165) is 25.7 Å². The lowest BCUT2D eigenvalue weighted by atomic mass is 10.1. The van der Waals surface area contributed by atoms with Gasteiger partial charge in [-0.2, -0.15) is 0 Å². The van der Waals surface area contributed by atoms with Crippen LogP contribution in [0.2, 0.25) is 0 Å². The molecule has 0 aromatic heterocycles. The molecule has 0 aromatic rings. The van der Waals surface area contributed by atoms with E-state index in [2.05, 4.69) is 19.1 Å². The summed E-state index contributed by atoms with van der Waals surface area (Å²) in [6, 6.07) is 0. The van der Waals surface area contributed by atoms with Crippen LogP contribution in [0.4, 0.5) is 0 Å². The van der Waals surface area contributed by atoms with Gasteiger partial charge in [-0.3, -0.25) is 0 Å². The summed E-state index contributed by atoms with van der Waals surface area (Å²) in [4.78, 5) is 0. The maximum absolute atomic E-state index is 9.88. The van der Waals surface area contributed by atoms with E-state index >= 15 is 0 Å². The van der Waals surface area contributed by atoms with Gasteiger partial charge in [0, 0.05) is 6.61 Å². The second-order valence-electron chi connectivity index (χ2n) is 6.67. The minimum atomic E-state index is -1.03. The maximum Gasteiger partial charge on any atom is 0.114 e. The molecule has 0 saturated carbocycles. The van der Waals surface area contributed by atoms with Gasteiger partial charge in [-0.1, -0.05) is 44.8 Å². The summed E-state index contributed by atoms with van der Waals surface area (Å²) in [7, 11) is 0. The Morgan fingerprint density at radius 2 is 1.71 bits per heavy atom. The second-order valence-corrected chi connectivity index (χ2v) is 6.67. The summed E-state index contributed by atoms with van der Waals surface area (Å²) in [5, 5.41) is 28.9. The highest BCUT2D eigenvalue weighted by Crippen LogP contribution is 2.17. The fourth-order valence-corrected chi connectivity index (χ4v) is 2.83. The maximum atomic E-state index is 9.88. The van der Waals surface area contributed by atoms with Crippen LogP contribution >= 0.6 is 0 Å². The van der Waals surface area contributed by atoms with E-state index in [9.17, 15) is 15.3 Å². The molecule has 24 heavy (non-hydrogen) atoms. The van der Waals surface area contributed by atoms with Gasteiger partial charge in [0.2, 0.25) is 0 Å². The first-order chi connectivity index (χ1) is 11.7. The summed E-state index contributed by atoms with van der Waals surface area (Å²) in [5.74, 6) is 0. The molecule has 0 aliphatic carbocycles. The molecule has 1 heterocycles. The summed E-state index contributed by atoms with van der Waals surface area (Å²) >= 11 is 0. The molecule has 1 aliphatic rings. The first-order valence-electron chi connectivity index (χ1n) is 9.55. The molecule has 3 N–H and O–H groups in total. The molecule has 5 heteroatoms. The van der Waals surface area contributed by atoms with Crippen molar-refractivity contribution in [2.24, 2.45) is 0 Å². The standard InChI is InChI=1S/C19H36O5/c1-2-3-4-5-6-7-8-9-10-11-12-13-23-14-17(21)19-18(22)16(20)15-24-19/h7-8,16-22H,2-6,9-15H2,1H3/b8-7+/t16-,17+,18+,19+/m0/s1. The predicted molar refractivity (Wildman–Crippen MR) is 94.9 cm³/mol. The molecular weight excluding hydrogens is 308 g/mol. The van der Waals surface area contributed by atoms with Gasteiger partial charge >= 0.3 is 0 Å². The van der Waals surface area contributed by atoms with Crippen LogP contribution in [-0.4, -0.2) is 59.6 Å². The predicted octanol–water partition coefficient (Wildman–Crippen LogP) is 2.57. The number of hydrogen-bond donors (Lipinski definition) is 3. The highest BCUT2D eigenvalue weighted by atomic mass is 16.5. The Hall–Kier alpha value is -0.460. The molecule has 1 aliphatic heterocycles. The summed E-state index contributed by atoms with van der Waals surface area (Å²) in [5.41, 5.74) is 0. The molecular formula is C19H36O5. The third-order valence-electron chi connectivity index (χ3n) is 4.41. The molecule has 0 amide bonds. The first kappa shape index (κ1) is 21.6. The van der Waals surface area contributed by atoms with Crippen molar-refractivity contribution in [2.45, 2.75) is 89.1 Å². The van der Waals surface area contributed by atoms with E-state index < -0.39 is 24.4 Å². The van der Waals surface area contributed by atoms with Crippen molar-refractivity contribution < 1.29 is 24.8 Å². The van der Waals surface area contributed by atoms with Crippen LogP contribution in [0.5, 0.6) is 0 Å². The summed E-state index contributed by atoms with van der Waals surface area (Å²) < 4.78 is 10.6. The topological polar surface area (TPSA) is 79.2 Å². The Labute approximate surface area is 146 Å². The molecule has 4 atom stereocenters. The Morgan fingerprint density at radius 1 is 1.04 bits per heavy atom. The van der Waals surface area contributed by atoms with Crippen LogP contribution in [0.1, 0.15) is 64.7 Å². The van der Waals surface area contributed by atoms with E-state index in [1.54, 1.807) is 0 Å². The highest BCUT2D eigenvalue weighted by Gasteiger charge is 2.39. The smallest absolute Gasteiger partial charge is 0.114 e. The van der Waals surface area contributed by atoms with E-state index in [-0.39, 0.29) is 13.2 Å². The number of hydrogen-bond acceptors (Lipinski definition) is 5. The average Bonchev–Trinajstić information content (AvgIpc) is 2.91. The Morgan fingerprint density at radius 3 is 2.29 bits per heavy atom. The van der Waals surface area contributed by atoms with Gasteiger partial charge in [-0.05, 0) is 32.1 Å². The van der Waals surface area contributed by atoms with Gasteiger partial charge in [-0.15, -0.1) is 0 Å². The number of aliphatic hydroxyl groups excluding tert-OH is 3. The Kier molecular flexibility index (Phi) is 12.4. The summed E-state index contributed by atoms with van der Waals surface area (Å²) in [6.45, 7) is 3.03.